The Morgan fingerprint density at radius 3 is 2.29 bits per heavy atom. The minimum Gasteiger partial charge on any atom is -0.496 e. The molecule has 0 amide bonds. The Bertz CT molecular complexity index is 550. The van der Waals surface area contributed by atoms with E-state index >= 15 is 0 Å². The predicted octanol–water partition coefficient (Wildman–Crippen LogP) is 2.18. The molecule has 2 rings (SSSR count). The van der Waals surface area contributed by atoms with E-state index in [4.69, 9.17) is 16.2 Å². The van der Waals surface area contributed by atoms with Gasteiger partial charge in [0.15, 0.2) is 5.96 Å². The van der Waals surface area contributed by atoms with E-state index in [-0.39, 0.29) is 18.4 Å². The maximum atomic E-state index is 5.38. The Labute approximate surface area is 106 Å². The van der Waals surface area contributed by atoms with Crippen molar-refractivity contribution in [2.24, 2.45) is 16.5 Å². The number of halogens is 1. The highest BCUT2D eigenvalue weighted by atomic mass is 35.5. The van der Waals surface area contributed by atoms with Crippen molar-refractivity contribution >= 4 is 34.8 Å². The van der Waals surface area contributed by atoms with E-state index in [1.807, 2.05) is 36.4 Å². The Hall–Kier alpha value is -1.94. The van der Waals surface area contributed by atoms with Crippen LogP contribution in [0.2, 0.25) is 0 Å². The summed E-state index contributed by atoms with van der Waals surface area (Å²) in [5.41, 5.74) is 11.5. The van der Waals surface area contributed by atoms with Crippen LogP contribution in [0, 0.1) is 0 Å². The quantitative estimate of drug-likeness (QED) is 0.635. The highest BCUT2D eigenvalue weighted by molar-refractivity contribution is 5.98. The molecule has 2 aromatic rings. The van der Waals surface area contributed by atoms with Gasteiger partial charge in [-0.1, -0.05) is 24.3 Å². The third kappa shape index (κ3) is 2.60. The number of guanidine groups is 1. The van der Waals surface area contributed by atoms with Crippen LogP contribution in [0.15, 0.2) is 41.4 Å². The topological polar surface area (TPSA) is 73.6 Å². The van der Waals surface area contributed by atoms with Crippen molar-refractivity contribution in [1.29, 1.82) is 0 Å². The van der Waals surface area contributed by atoms with Crippen LogP contribution < -0.4 is 16.2 Å². The highest BCUT2D eigenvalue weighted by Crippen LogP contribution is 2.32. The van der Waals surface area contributed by atoms with Gasteiger partial charge in [0.2, 0.25) is 0 Å². The summed E-state index contributed by atoms with van der Waals surface area (Å²) in [4.78, 5) is 4.08. The van der Waals surface area contributed by atoms with E-state index in [0.717, 1.165) is 22.2 Å². The van der Waals surface area contributed by atoms with Crippen LogP contribution in [0.1, 0.15) is 0 Å². The number of benzene rings is 2. The lowest BCUT2D eigenvalue weighted by atomic mass is 10.1. The number of hydrogen-bond acceptors (Lipinski definition) is 2. The summed E-state index contributed by atoms with van der Waals surface area (Å²) in [6.07, 6.45) is 0. The molecular weight excluding hydrogens is 238 g/mol. The van der Waals surface area contributed by atoms with E-state index in [0.29, 0.717) is 0 Å². The maximum absolute atomic E-state index is 5.38. The first kappa shape index (κ1) is 13.1. The number of ether oxygens (including phenoxy) is 1. The average Bonchev–Trinajstić information content (AvgIpc) is 2.29. The second kappa shape index (κ2) is 5.41. The van der Waals surface area contributed by atoms with Crippen molar-refractivity contribution in [1.82, 2.24) is 0 Å². The van der Waals surface area contributed by atoms with Gasteiger partial charge in [0.1, 0.15) is 5.75 Å². The molecule has 0 atom stereocenters. The van der Waals surface area contributed by atoms with Gasteiger partial charge >= 0.3 is 0 Å². The zero-order valence-electron chi connectivity index (χ0n) is 9.38. The molecule has 0 fully saturated rings. The third-order valence-corrected chi connectivity index (χ3v) is 2.33. The second-order valence-corrected chi connectivity index (χ2v) is 3.37. The van der Waals surface area contributed by atoms with Gasteiger partial charge in [-0.25, -0.2) is 4.99 Å². The fourth-order valence-corrected chi connectivity index (χ4v) is 1.67. The fourth-order valence-electron chi connectivity index (χ4n) is 1.67. The first-order valence-corrected chi connectivity index (χ1v) is 4.87. The lowest BCUT2D eigenvalue weighted by Gasteiger charge is -2.07. The van der Waals surface area contributed by atoms with E-state index in [1.165, 1.54) is 0 Å². The minimum atomic E-state index is 0. The van der Waals surface area contributed by atoms with Crippen LogP contribution in [-0.2, 0) is 0 Å². The number of fused-ring (bicyclic) bond motifs is 1. The number of nitrogens with two attached hydrogens (primary N) is 2. The standard InChI is InChI=1S/C12H13N3O.ClH/c1-16-11-7-6-10(15-12(13)14)8-4-2-3-5-9(8)11;/h2-7H,1H3,(H4,13,14,15);1H. The van der Waals surface area contributed by atoms with Gasteiger partial charge < -0.3 is 16.2 Å². The van der Waals surface area contributed by atoms with Crippen LogP contribution in [-0.4, -0.2) is 13.1 Å². The molecule has 0 radical (unpaired) electrons. The lowest BCUT2D eigenvalue weighted by Crippen LogP contribution is -2.21. The molecule has 0 aromatic heterocycles. The molecule has 90 valence electrons. The largest absolute Gasteiger partial charge is 0.496 e. The minimum absolute atomic E-state index is 0. The van der Waals surface area contributed by atoms with Gasteiger partial charge in [-0.2, -0.15) is 0 Å². The van der Waals surface area contributed by atoms with E-state index in [9.17, 15) is 0 Å². The van der Waals surface area contributed by atoms with Gasteiger partial charge in [-0.05, 0) is 12.1 Å². The highest BCUT2D eigenvalue weighted by Gasteiger charge is 2.04. The van der Waals surface area contributed by atoms with Crippen molar-refractivity contribution < 1.29 is 4.74 Å². The summed E-state index contributed by atoms with van der Waals surface area (Å²) >= 11 is 0. The van der Waals surface area contributed by atoms with Crippen LogP contribution in [0.25, 0.3) is 10.8 Å². The molecule has 0 bridgehead atoms. The third-order valence-electron chi connectivity index (χ3n) is 2.33. The summed E-state index contributed by atoms with van der Waals surface area (Å²) in [6, 6.07) is 11.5. The smallest absolute Gasteiger partial charge is 0.191 e. The molecule has 0 saturated carbocycles. The summed E-state index contributed by atoms with van der Waals surface area (Å²) < 4.78 is 5.28. The van der Waals surface area contributed by atoms with E-state index in [2.05, 4.69) is 4.99 Å². The fraction of sp³-hybridized carbons (Fsp3) is 0.0833. The molecular formula is C12H14ClN3O. The molecule has 2 aromatic carbocycles. The average molecular weight is 252 g/mol. The van der Waals surface area contributed by atoms with Crippen LogP contribution in [0.5, 0.6) is 5.75 Å². The van der Waals surface area contributed by atoms with Crippen molar-refractivity contribution in [2.45, 2.75) is 0 Å². The van der Waals surface area contributed by atoms with E-state index in [1.54, 1.807) is 7.11 Å². The normalized spacial score (nSPS) is 9.47. The first-order valence-electron chi connectivity index (χ1n) is 4.87. The van der Waals surface area contributed by atoms with Crippen molar-refractivity contribution in [3.05, 3.63) is 36.4 Å². The Morgan fingerprint density at radius 2 is 1.71 bits per heavy atom. The summed E-state index contributed by atoms with van der Waals surface area (Å²) in [7, 11) is 1.64. The van der Waals surface area contributed by atoms with Gasteiger partial charge in [-0.3, -0.25) is 0 Å². The first-order chi connectivity index (χ1) is 7.72. The number of aliphatic imine (C=N–C) groups is 1. The lowest BCUT2D eigenvalue weighted by molar-refractivity contribution is 0.420. The number of rotatable bonds is 2. The Kier molecular flexibility index (Phi) is 4.17. The van der Waals surface area contributed by atoms with Crippen LogP contribution >= 0.6 is 12.4 Å². The molecule has 4 nitrogen and oxygen atoms in total. The maximum Gasteiger partial charge on any atom is 0.191 e. The Morgan fingerprint density at radius 1 is 1.06 bits per heavy atom. The van der Waals surface area contributed by atoms with E-state index < -0.39 is 0 Å². The van der Waals surface area contributed by atoms with Crippen molar-refractivity contribution in [2.75, 3.05) is 7.11 Å². The summed E-state index contributed by atoms with van der Waals surface area (Å²) in [5, 5.41) is 1.96. The van der Waals surface area contributed by atoms with Gasteiger partial charge in [-0.15, -0.1) is 12.4 Å². The molecule has 0 spiro atoms. The number of hydrogen-bond donors (Lipinski definition) is 2. The monoisotopic (exact) mass is 251 g/mol. The van der Waals surface area contributed by atoms with Crippen LogP contribution in [0.4, 0.5) is 5.69 Å². The molecule has 5 heteroatoms. The van der Waals surface area contributed by atoms with Crippen molar-refractivity contribution in [3.63, 3.8) is 0 Å². The number of nitrogens with zero attached hydrogens (tertiary/aromatic N) is 1. The second-order valence-electron chi connectivity index (χ2n) is 3.37. The zero-order valence-corrected chi connectivity index (χ0v) is 10.2. The van der Waals surface area contributed by atoms with Crippen LogP contribution in [0.3, 0.4) is 0 Å². The van der Waals surface area contributed by atoms with Gasteiger partial charge in [0.25, 0.3) is 0 Å². The molecule has 0 aliphatic heterocycles. The van der Waals surface area contributed by atoms with Gasteiger partial charge in [0, 0.05) is 10.8 Å². The zero-order chi connectivity index (χ0) is 11.5. The summed E-state index contributed by atoms with van der Waals surface area (Å²) in [5.74, 6) is 0.862. The molecule has 4 N–H and O–H groups in total. The molecule has 17 heavy (non-hydrogen) atoms. The molecule has 0 aliphatic rings. The number of methoxy groups -OCH3 is 1. The molecule has 0 aliphatic carbocycles. The predicted molar refractivity (Wildman–Crippen MR) is 73.2 cm³/mol. The SMILES string of the molecule is COc1ccc(N=C(N)N)c2ccccc12.Cl. The van der Waals surface area contributed by atoms with Crippen molar-refractivity contribution in [3.8, 4) is 5.75 Å². The molecule has 0 saturated heterocycles. The van der Waals surface area contributed by atoms with Gasteiger partial charge in [0.05, 0.1) is 12.8 Å². The summed E-state index contributed by atoms with van der Waals surface area (Å²) in [6.45, 7) is 0. The molecule has 0 heterocycles. The molecule has 0 unspecified atom stereocenters. The Balaban J connectivity index is 0.00000144.